The standard InChI is InChI=1S/C18H26O2Si/c1-6-20-18(19)17-11-10-16(14-15(17)5)12-13-21(7-2,8-3)9-4/h10-11,14H,6-9H2,1-5H3. The number of carbonyl (C=O) groups is 1. The Morgan fingerprint density at radius 1 is 1.14 bits per heavy atom. The van der Waals surface area contributed by atoms with Gasteiger partial charge >= 0.3 is 5.97 Å². The molecule has 2 nitrogen and oxygen atoms in total. The Bertz CT molecular complexity index is 540. The lowest BCUT2D eigenvalue weighted by atomic mass is 10.1. The molecule has 0 bridgehead atoms. The molecule has 0 aromatic heterocycles. The molecule has 0 fully saturated rings. The zero-order chi connectivity index (χ0) is 15.9. The molecule has 0 radical (unpaired) electrons. The van der Waals surface area contributed by atoms with Crippen molar-refractivity contribution in [1.29, 1.82) is 0 Å². The molecule has 0 unspecified atom stereocenters. The minimum Gasteiger partial charge on any atom is -0.462 e. The molecule has 0 saturated carbocycles. The molecule has 0 aliphatic carbocycles. The van der Waals surface area contributed by atoms with Gasteiger partial charge in [0.25, 0.3) is 0 Å². The molecule has 1 aromatic rings. The van der Waals surface area contributed by atoms with Gasteiger partial charge in [-0.1, -0.05) is 26.7 Å². The van der Waals surface area contributed by atoms with Gasteiger partial charge in [0.1, 0.15) is 8.07 Å². The number of rotatable bonds is 5. The van der Waals surface area contributed by atoms with Crippen LogP contribution in [0.4, 0.5) is 0 Å². The Morgan fingerprint density at radius 2 is 1.76 bits per heavy atom. The highest BCUT2D eigenvalue weighted by molar-refractivity contribution is 6.87. The molecule has 0 spiro atoms. The number of hydrogen-bond acceptors (Lipinski definition) is 2. The second kappa shape index (κ2) is 8.04. The lowest BCUT2D eigenvalue weighted by Crippen LogP contribution is -2.29. The number of aryl methyl sites for hydroxylation is 1. The van der Waals surface area contributed by atoms with Crippen molar-refractivity contribution in [2.24, 2.45) is 0 Å². The second-order valence-corrected chi connectivity index (χ2v) is 10.3. The fourth-order valence-corrected chi connectivity index (χ4v) is 4.84. The Hall–Kier alpha value is -1.53. The van der Waals surface area contributed by atoms with E-state index >= 15 is 0 Å². The van der Waals surface area contributed by atoms with Crippen molar-refractivity contribution < 1.29 is 9.53 Å². The Morgan fingerprint density at radius 3 is 2.24 bits per heavy atom. The van der Waals surface area contributed by atoms with Crippen LogP contribution in [-0.2, 0) is 4.74 Å². The Labute approximate surface area is 129 Å². The van der Waals surface area contributed by atoms with Gasteiger partial charge in [-0.25, -0.2) is 4.79 Å². The molecule has 21 heavy (non-hydrogen) atoms. The number of hydrogen-bond donors (Lipinski definition) is 0. The van der Waals surface area contributed by atoms with Gasteiger partial charge in [-0.2, -0.15) is 0 Å². The number of carbonyl (C=O) groups excluding carboxylic acids is 1. The maximum atomic E-state index is 11.8. The fourth-order valence-electron chi connectivity index (χ4n) is 2.40. The van der Waals surface area contributed by atoms with Crippen LogP contribution in [0.3, 0.4) is 0 Å². The van der Waals surface area contributed by atoms with Crippen LogP contribution < -0.4 is 0 Å². The van der Waals surface area contributed by atoms with Gasteiger partial charge in [0.05, 0.1) is 12.2 Å². The minimum absolute atomic E-state index is 0.256. The summed E-state index contributed by atoms with van der Waals surface area (Å²) in [4.78, 5) is 11.8. The van der Waals surface area contributed by atoms with Crippen molar-refractivity contribution in [1.82, 2.24) is 0 Å². The van der Waals surface area contributed by atoms with E-state index in [9.17, 15) is 4.79 Å². The smallest absolute Gasteiger partial charge is 0.338 e. The molecule has 0 atom stereocenters. The highest BCUT2D eigenvalue weighted by atomic mass is 28.3. The van der Waals surface area contributed by atoms with Crippen LogP contribution in [0.15, 0.2) is 18.2 Å². The van der Waals surface area contributed by atoms with E-state index in [2.05, 4.69) is 32.2 Å². The van der Waals surface area contributed by atoms with E-state index in [-0.39, 0.29) is 5.97 Å². The molecule has 0 N–H and O–H groups in total. The lowest BCUT2D eigenvalue weighted by Gasteiger charge is -2.20. The van der Waals surface area contributed by atoms with Gasteiger partial charge in [0, 0.05) is 5.56 Å². The molecule has 1 aromatic carbocycles. The van der Waals surface area contributed by atoms with Crippen LogP contribution in [0.5, 0.6) is 0 Å². The highest BCUT2D eigenvalue weighted by Gasteiger charge is 2.24. The second-order valence-electron chi connectivity index (χ2n) is 5.34. The number of benzene rings is 1. The van der Waals surface area contributed by atoms with Gasteiger partial charge in [-0.15, -0.1) is 5.54 Å². The maximum absolute atomic E-state index is 11.8. The van der Waals surface area contributed by atoms with E-state index in [1.54, 1.807) is 0 Å². The summed E-state index contributed by atoms with van der Waals surface area (Å²) in [5.74, 6) is 3.08. The summed E-state index contributed by atoms with van der Waals surface area (Å²) in [7, 11) is -1.42. The quantitative estimate of drug-likeness (QED) is 0.452. The molecule has 0 saturated heterocycles. The van der Waals surface area contributed by atoms with E-state index in [0.717, 1.165) is 11.1 Å². The first-order valence-corrected chi connectivity index (χ1v) is 10.4. The van der Waals surface area contributed by atoms with Gasteiger partial charge in [-0.3, -0.25) is 0 Å². The third-order valence-corrected chi connectivity index (χ3v) is 8.94. The first-order valence-electron chi connectivity index (χ1n) is 7.82. The van der Waals surface area contributed by atoms with E-state index in [1.807, 2.05) is 32.0 Å². The highest BCUT2D eigenvalue weighted by Crippen LogP contribution is 2.19. The molecule has 114 valence electrons. The summed E-state index contributed by atoms with van der Waals surface area (Å²) in [5.41, 5.74) is 6.13. The lowest BCUT2D eigenvalue weighted by molar-refractivity contribution is 0.0525. The predicted octanol–water partition coefficient (Wildman–Crippen LogP) is 4.57. The van der Waals surface area contributed by atoms with E-state index in [1.165, 1.54) is 18.1 Å². The molecular formula is C18H26O2Si. The maximum Gasteiger partial charge on any atom is 0.338 e. The van der Waals surface area contributed by atoms with Crippen LogP contribution in [-0.4, -0.2) is 20.7 Å². The molecule has 0 aliphatic rings. The van der Waals surface area contributed by atoms with Crippen LogP contribution >= 0.6 is 0 Å². The van der Waals surface area contributed by atoms with Crippen molar-refractivity contribution in [3.8, 4) is 11.5 Å². The van der Waals surface area contributed by atoms with Crippen LogP contribution in [0.1, 0.15) is 49.2 Å². The fraction of sp³-hybridized carbons (Fsp3) is 0.500. The number of ether oxygens (including phenoxy) is 1. The minimum atomic E-state index is -1.42. The summed E-state index contributed by atoms with van der Waals surface area (Å²) in [5, 5.41) is 0. The summed E-state index contributed by atoms with van der Waals surface area (Å²) in [6, 6.07) is 9.34. The van der Waals surface area contributed by atoms with Gasteiger partial charge in [0.15, 0.2) is 0 Å². The van der Waals surface area contributed by atoms with E-state index in [0.29, 0.717) is 12.2 Å². The van der Waals surface area contributed by atoms with Crippen molar-refractivity contribution in [3.63, 3.8) is 0 Å². The molecule has 1 rings (SSSR count). The average molecular weight is 302 g/mol. The average Bonchev–Trinajstić information content (AvgIpc) is 2.49. The molecule has 0 aliphatic heterocycles. The number of esters is 1. The monoisotopic (exact) mass is 302 g/mol. The van der Waals surface area contributed by atoms with Gasteiger partial charge < -0.3 is 4.74 Å². The molecule has 3 heteroatoms. The van der Waals surface area contributed by atoms with Crippen molar-refractivity contribution in [2.45, 2.75) is 52.8 Å². The molecule has 0 amide bonds. The molecular weight excluding hydrogens is 276 g/mol. The predicted molar refractivity (Wildman–Crippen MR) is 91.2 cm³/mol. The van der Waals surface area contributed by atoms with Gasteiger partial charge in [0.2, 0.25) is 0 Å². The zero-order valence-electron chi connectivity index (χ0n) is 13.9. The van der Waals surface area contributed by atoms with Crippen molar-refractivity contribution in [3.05, 3.63) is 34.9 Å². The normalized spacial score (nSPS) is 10.7. The Kier molecular flexibility index (Phi) is 6.71. The summed E-state index contributed by atoms with van der Waals surface area (Å²) < 4.78 is 5.05. The van der Waals surface area contributed by atoms with Crippen molar-refractivity contribution in [2.75, 3.05) is 6.61 Å². The summed E-state index contributed by atoms with van der Waals surface area (Å²) in [6.07, 6.45) is 0. The first-order chi connectivity index (χ1) is 10.0. The van der Waals surface area contributed by atoms with Crippen molar-refractivity contribution >= 4 is 14.0 Å². The zero-order valence-corrected chi connectivity index (χ0v) is 14.9. The third kappa shape index (κ3) is 4.47. The SMILES string of the molecule is CCOC(=O)c1ccc(C#C[Si](CC)(CC)CC)cc1C. The van der Waals surface area contributed by atoms with Crippen LogP contribution in [0.2, 0.25) is 18.1 Å². The van der Waals surface area contributed by atoms with Crippen LogP contribution in [0.25, 0.3) is 0 Å². The van der Waals surface area contributed by atoms with Gasteiger partial charge in [-0.05, 0) is 55.7 Å². The molecule has 0 heterocycles. The largest absolute Gasteiger partial charge is 0.462 e. The van der Waals surface area contributed by atoms with Crippen LogP contribution in [0, 0.1) is 18.4 Å². The first kappa shape index (κ1) is 17.5. The topological polar surface area (TPSA) is 26.3 Å². The summed E-state index contributed by atoms with van der Waals surface area (Å²) in [6.45, 7) is 10.9. The van der Waals surface area contributed by atoms with E-state index < -0.39 is 8.07 Å². The summed E-state index contributed by atoms with van der Waals surface area (Å²) >= 11 is 0. The Balaban J connectivity index is 3.03. The third-order valence-electron chi connectivity index (χ3n) is 4.22. The van der Waals surface area contributed by atoms with E-state index in [4.69, 9.17) is 4.74 Å².